The molecule has 1 amide bonds. The molecule has 1 aromatic heterocycles. The second-order valence-corrected chi connectivity index (χ2v) is 9.34. The lowest BCUT2D eigenvalue weighted by Gasteiger charge is -2.22. The molecule has 34 heavy (non-hydrogen) atoms. The van der Waals surface area contributed by atoms with Gasteiger partial charge in [0.2, 0.25) is 0 Å². The fraction of sp³-hybridized carbons (Fsp3) is 0.318. The summed E-state index contributed by atoms with van der Waals surface area (Å²) in [4.78, 5) is 31.3. The van der Waals surface area contributed by atoms with Crippen LogP contribution in [0.15, 0.2) is 41.1 Å². The quantitative estimate of drug-likeness (QED) is 0.300. The summed E-state index contributed by atoms with van der Waals surface area (Å²) in [6, 6.07) is 6.61. The normalized spacial score (nSPS) is 12.2. The molecule has 1 heterocycles. The summed E-state index contributed by atoms with van der Waals surface area (Å²) in [6.45, 7) is 6.84. The highest BCUT2D eigenvalue weighted by Gasteiger charge is 2.22. The highest BCUT2D eigenvalue weighted by molar-refractivity contribution is 9.10. The predicted octanol–water partition coefficient (Wildman–Crippen LogP) is 5.48. The fourth-order valence-corrected chi connectivity index (χ4v) is 3.25. The van der Waals surface area contributed by atoms with Gasteiger partial charge in [-0.25, -0.2) is 19.2 Å². The molecule has 2 N–H and O–H groups in total. The van der Waals surface area contributed by atoms with Crippen LogP contribution >= 0.6 is 15.9 Å². The molecular formula is C22H23BrFN5O5. The lowest BCUT2D eigenvalue weighted by Crippen LogP contribution is -2.40. The number of hydrogen-bond donors (Lipinski definition) is 2. The van der Waals surface area contributed by atoms with Gasteiger partial charge in [0.05, 0.1) is 27.6 Å². The van der Waals surface area contributed by atoms with Crippen LogP contribution in [-0.2, 0) is 4.74 Å². The first-order chi connectivity index (χ1) is 15.9. The molecule has 0 saturated heterocycles. The Hall–Kier alpha value is -3.54. The number of ether oxygens (including phenoxy) is 2. The highest BCUT2D eigenvalue weighted by atomic mass is 79.9. The van der Waals surface area contributed by atoms with E-state index in [1.165, 1.54) is 30.6 Å². The molecule has 12 heteroatoms. The minimum Gasteiger partial charge on any atom is -0.485 e. The summed E-state index contributed by atoms with van der Waals surface area (Å²) in [5.74, 6) is -0.363. The summed E-state index contributed by atoms with van der Waals surface area (Å²) in [5, 5.41) is 17.5. The SMILES string of the molecule is C[C@@H](COc1cc2ncnc(Nc3ccc(Br)cc3F)c2cc1[N+](=O)[O-])NC(=O)OC(C)(C)C. The lowest BCUT2D eigenvalue weighted by molar-refractivity contribution is -0.385. The Bertz CT molecular complexity index is 1230. The monoisotopic (exact) mass is 535 g/mol. The van der Waals surface area contributed by atoms with E-state index >= 15 is 0 Å². The third kappa shape index (κ3) is 6.50. The Balaban J connectivity index is 1.84. The van der Waals surface area contributed by atoms with Gasteiger partial charge < -0.3 is 20.1 Å². The molecular weight excluding hydrogens is 513 g/mol. The largest absolute Gasteiger partial charge is 0.485 e. The third-order valence-corrected chi connectivity index (χ3v) is 4.84. The van der Waals surface area contributed by atoms with Gasteiger partial charge in [-0.2, -0.15) is 0 Å². The zero-order valence-corrected chi connectivity index (χ0v) is 20.5. The first-order valence-corrected chi connectivity index (χ1v) is 11.0. The fourth-order valence-electron chi connectivity index (χ4n) is 2.91. The number of nitrogens with zero attached hydrogens (tertiary/aromatic N) is 3. The van der Waals surface area contributed by atoms with E-state index in [2.05, 4.69) is 36.5 Å². The van der Waals surface area contributed by atoms with Crippen molar-refractivity contribution < 1.29 is 23.6 Å². The average Bonchev–Trinajstić information content (AvgIpc) is 2.72. The molecule has 0 saturated carbocycles. The van der Waals surface area contributed by atoms with Crippen molar-refractivity contribution >= 4 is 50.1 Å². The predicted molar refractivity (Wildman–Crippen MR) is 128 cm³/mol. The Morgan fingerprint density at radius 1 is 1.26 bits per heavy atom. The average molecular weight is 536 g/mol. The van der Waals surface area contributed by atoms with Gasteiger partial charge in [-0.15, -0.1) is 0 Å². The van der Waals surface area contributed by atoms with Crippen LogP contribution in [0.2, 0.25) is 0 Å². The van der Waals surface area contributed by atoms with Crippen LogP contribution in [-0.4, -0.2) is 39.2 Å². The van der Waals surface area contributed by atoms with Gasteiger partial charge in [-0.1, -0.05) is 15.9 Å². The molecule has 3 rings (SSSR count). The van der Waals surface area contributed by atoms with E-state index < -0.39 is 28.5 Å². The van der Waals surface area contributed by atoms with E-state index in [1.807, 2.05) is 0 Å². The van der Waals surface area contributed by atoms with Crippen molar-refractivity contribution in [3.8, 4) is 5.75 Å². The minimum absolute atomic E-state index is 0.0326. The van der Waals surface area contributed by atoms with Crippen molar-refractivity contribution in [2.24, 2.45) is 0 Å². The molecule has 0 fully saturated rings. The van der Waals surface area contributed by atoms with Crippen LogP contribution in [0.1, 0.15) is 27.7 Å². The Morgan fingerprint density at radius 2 is 2.00 bits per heavy atom. The van der Waals surface area contributed by atoms with Gasteiger partial charge in [0.25, 0.3) is 0 Å². The van der Waals surface area contributed by atoms with Crippen LogP contribution in [0.25, 0.3) is 10.9 Å². The van der Waals surface area contributed by atoms with Crippen LogP contribution in [0.5, 0.6) is 5.75 Å². The van der Waals surface area contributed by atoms with Gasteiger partial charge in [0.15, 0.2) is 5.75 Å². The molecule has 0 bridgehead atoms. The maximum absolute atomic E-state index is 14.3. The van der Waals surface area contributed by atoms with E-state index in [9.17, 15) is 19.3 Å². The van der Waals surface area contributed by atoms with E-state index in [4.69, 9.17) is 9.47 Å². The van der Waals surface area contributed by atoms with Crippen LogP contribution in [0, 0.1) is 15.9 Å². The standard InChI is InChI=1S/C22H23BrFN5O5/c1-12(27-21(30)34-22(2,3)4)10-33-19-9-17-14(8-18(19)29(31)32)20(26-11-25-17)28-16-6-5-13(23)7-15(16)24/h5-9,11-12H,10H2,1-4H3,(H,27,30)(H,25,26,28)/t12-/m0/s1. The minimum atomic E-state index is -0.660. The summed E-state index contributed by atoms with van der Waals surface area (Å²) >= 11 is 3.19. The van der Waals surface area contributed by atoms with Gasteiger partial charge >= 0.3 is 11.8 Å². The summed E-state index contributed by atoms with van der Waals surface area (Å²) < 4.78 is 25.6. The van der Waals surface area contributed by atoms with Crippen molar-refractivity contribution in [2.75, 3.05) is 11.9 Å². The number of nitro benzene ring substituents is 1. The van der Waals surface area contributed by atoms with Crippen molar-refractivity contribution in [1.82, 2.24) is 15.3 Å². The molecule has 10 nitrogen and oxygen atoms in total. The zero-order chi connectivity index (χ0) is 25.0. The molecule has 180 valence electrons. The van der Waals surface area contributed by atoms with Gasteiger partial charge in [-0.3, -0.25) is 10.1 Å². The van der Waals surface area contributed by atoms with Crippen LogP contribution in [0.4, 0.5) is 26.4 Å². The number of fused-ring (bicyclic) bond motifs is 1. The molecule has 3 aromatic rings. The van der Waals surface area contributed by atoms with Gasteiger partial charge in [0, 0.05) is 16.6 Å². The van der Waals surface area contributed by atoms with Crippen molar-refractivity contribution in [3.05, 3.63) is 57.1 Å². The number of carbonyl (C=O) groups is 1. The number of halogens is 2. The topological polar surface area (TPSA) is 129 Å². The van der Waals surface area contributed by atoms with Gasteiger partial charge in [-0.05, 0) is 45.9 Å². The molecule has 0 aliphatic rings. The number of aromatic nitrogens is 2. The molecule has 2 aromatic carbocycles. The molecule has 0 aliphatic carbocycles. The second-order valence-electron chi connectivity index (χ2n) is 8.42. The van der Waals surface area contributed by atoms with E-state index in [-0.39, 0.29) is 29.5 Å². The summed E-state index contributed by atoms with van der Waals surface area (Å²) in [5.41, 5.74) is -0.491. The number of carbonyl (C=O) groups excluding carboxylic acids is 1. The number of anilines is 2. The Kier molecular flexibility index (Phi) is 7.50. The Labute approximate surface area is 203 Å². The van der Waals surface area contributed by atoms with Crippen molar-refractivity contribution in [1.29, 1.82) is 0 Å². The molecule has 0 spiro atoms. The third-order valence-electron chi connectivity index (χ3n) is 4.35. The van der Waals surface area contributed by atoms with Crippen LogP contribution < -0.4 is 15.4 Å². The van der Waals surface area contributed by atoms with Crippen molar-refractivity contribution in [3.63, 3.8) is 0 Å². The summed E-state index contributed by atoms with van der Waals surface area (Å²) in [6.07, 6.45) is 0.629. The maximum atomic E-state index is 14.3. The van der Waals surface area contributed by atoms with E-state index in [0.717, 1.165) is 0 Å². The lowest BCUT2D eigenvalue weighted by atomic mass is 10.2. The first kappa shape index (κ1) is 25.1. The molecule has 0 radical (unpaired) electrons. The smallest absolute Gasteiger partial charge is 0.407 e. The van der Waals surface area contributed by atoms with Crippen LogP contribution in [0.3, 0.4) is 0 Å². The number of rotatable bonds is 7. The highest BCUT2D eigenvalue weighted by Crippen LogP contribution is 2.35. The van der Waals surface area contributed by atoms with E-state index in [0.29, 0.717) is 15.4 Å². The summed E-state index contributed by atoms with van der Waals surface area (Å²) in [7, 11) is 0. The second kappa shape index (κ2) is 10.2. The van der Waals surface area contributed by atoms with E-state index in [1.54, 1.807) is 33.8 Å². The Morgan fingerprint density at radius 3 is 2.65 bits per heavy atom. The molecule has 1 atom stereocenters. The number of amides is 1. The number of benzene rings is 2. The number of nitrogens with one attached hydrogen (secondary N) is 2. The molecule has 0 unspecified atom stereocenters. The van der Waals surface area contributed by atoms with Gasteiger partial charge in [0.1, 0.15) is 30.2 Å². The van der Waals surface area contributed by atoms with Crippen molar-refractivity contribution in [2.45, 2.75) is 39.3 Å². The molecule has 0 aliphatic heterocycles. The number of hydrogen-bond acceptors (Lipinski definition) is 8. The maximum Gasteiger partial charge on any atom is 0.407 e. The first-order valence-electron chi connectivity index (χ1n) is 10.2. The zero-order valence-electron chi connectivity index (χ0n) is 18.9. The number of alkyl carbamates (subject to hydrolysis) is 1. The number of nitro groups is 1.